The average molecular weight is 444 g/mol. The molecule has 1 amide bonds. The topological polar surface area (TPSA) is 76.1 Å². The highest BCUT2D eigenvalue weighted by atomic mass is 79.9. The summed E-state index contributed by atoms with van der Waals surface area (Å²) in [7, 11) is -1.30. The molecule has 1 saturated heterocycles. The number of carbonyl (C=O) groups is 2. The molecule has 1 heterocycles. The molecule has 0 radical (unpaired) electrons. The third kappa shape index (κ3) is 6.32. The quantitative estimate of drug-likeness (QED) is 0.523. The number of halogens is 1. The summed E-state index contributed by atoms with van der Waals surface area (Å²) < 4.78 is 11.7. The first-order valence-electron chi connectivity index (χ1n) is 8.72. The summed E-state index contributed by atoms with van der Waals surface area (Å²) in [5.41, 5.74) is 1.02. The number of hydrogen-bond donors (Lipinski definition) is 1. The molecule has 26 heavy (non-hydrogen) atoms. The van der Waals surface area contributed by atoms with Gasteiger partial charge < -0.3 is 19.5 Å². The van der Waals surface area contributed by atoms with E-state index >= 15 is 0 Å². The summed E-state index contributed by atoms with van der Waals surface area (Å²) in [5, 5.41) is 9.27. The second-order valence-electron chi connectivity index (χ2n) is 7.74. The minimum atomic E-state index is -1.30. The van der Waals surface area contributed by atoms with Gasteiger partial charge in [-0.25, -0.2) is 9.59 Å². The zero-order chi connectivity index (χ0) is 19.3. The fourth-order valence-corrected chi connectivity index (χ4v) is 4.06. The van der Waals surface area contributed by atoms with Gasteiger partial charge in [0.15, 0.2) is 0 Å². The number of carboxylic acid groups (broad SMARTS) is 1. The molecule has 8 heteroatoms. The van der Waals surface area contributed by atoms with Crippen LogP contribution in [0.1, 0.15) is 17.9 Å². The Morgan fingerprint density at radius 1 is 1.35 bits per heavy atom. The van der Waals surface area contributed by atoms with Gasteiger partial charge in [-0.05, 0) is 30.2 Å². The zero-order valence-electron chi connectivity index (χ0n) is 15.4. The lowest BCUT2D eigenvalue weighted by atomic mass is 9.87. The van der Waals surface area contributed by atoms with Crippen molar-refractivity contribution in [2.45, 2.75) is 44.1 Å². The van der Waals surface area contributed by atoms with E-state index in [-0.39, 0.29) is 12.5 Å². The van der Waals surface area contributed by atoms with Gasteiger partial charge in [0.2, 0.25) is 0 Å². The largest absolute Gasteiger partial charge is 0.508 e. The summed E-state index contributed by atoms with van der Waals surface area (Å²) in [6, 6.07) is 8.67. The van der Waals surface area contributed by atoms with E-state index in [1.54, 1.807) is 0 Å². The molecule has 1 aliphatic heterocycles. The minimum absolute atomic E-state index is 0.0624. The van der Waals surface area contributed by atoms with Crippen molar-refractivity contribution < 1.29 is 24.2 Å². The van der Waals surface area contributed by atoms with Crippen LogP contribution in [0.3, 0.4) is 0 Å². The Bertz CT molecular complexity index is 649. The number of piperidine rings is 1. The van der Waals surface area contributed by atoms with E-state index in [4.69, 9.17) is 9.47 Å². The summed E-state index contributed by atoms with van der Waals surface area (Å²) in [6.07, 6.45) is -1.69. The molecule has 1 fully saturated rings. The number of nitrogens with zero attached hydrogens (tertiary/aromatic N) is 1. The first kappa shape index (κ1) is 20.8. The lowest BCUT2D eigenvalue weighted by molar-refractivity contribution is -0.0108. The number of hydrogen-bond acceptors (Lipinski definition) is 4. The van der Waals surface area contributed by atoms with Crippen LogP contribution in [0.2, 0.25) is 25.7 Å². The first-order valence-corrected chi connectivity index (χ1v) is 13.2. The SMILES string of the molecule is C[Si](C)(C)CCOC(=O)OC1CN(C(=O)O)CCC1c1cccc(Br)c1. The molecule has 2 unspecified atom stereocenters. The molecule has 2 atom stereocenters. The average Bonchev–Trinajstić information content (AvgIpc) is 2.53. The van der Waals surface area contributed by atoms with E-state index in [9.17, 15) is 14.7 Å². The molecule has 1 aromatic rings. The van der Waals surface area contributed by atoms with Crippen molar-refractivity contribution in [2.75, 3.05) is 19.7 Å². The zero-order valence-corrected chi connectivity index (χ0v) is 18.0. The van der Waals surface area contributed by atoms with Gasteiger partial charge in [-0.3, -0.25) is 0 Å². The van der Waals surface area contributed by atoms with Gasteiger partial charge in [-0.1, -0.05) is 47.7 Å². The fraction of sp³-hybridized carbons (Fsp3) is 0.556. The number of ether oxygens (including phenoxy) is 2. The van der Waals surface area contributed by atoms with Crippen molar-refractivity contribution in [3.63, 3.8) is 0 Å². The Labute approximate surface area is 163 Å². The fourth-order valence-electron chi connectivity index (χ4n) is 2.93. The van der Waals surface area contributed by atoms with Crippen LogP contribution in [0.5, 0.6) is 0 Å². The summed E-state index contributed by atoms with van der Waals surface area (Å²) >= 11 is 3.45. The van der Waals surface area contributed by atoms with Crippen LogP contribution >= 0.6 is 15.9 Å². The minimum Gasteiger partial charge on any atom is -0.465 e. The standard InChI is InChI=1S/C18H26BrNO5Si/c1-26(2,3)10-9-24-18(23)25-16-12-20(17(21)22)8-7-15(16)13-5-4-6-14(19)11-13/h4-6,11,15-16H,7-10,12H2,1-3H3,(H,21,22). The second kappa shape index (κ2) is 8.90. The van der Waals surface area contributed by atoms with E-state index in [1.807, 2.05) is 24.3 Å². The van der Waals surface area contributed by atoms with Gasteiger partial charge in [0.25, 0.3) is 0 Å². The van der Waals surface area contributed by atoms with Crippen molar-refractivity contribution in [3.8, 4) is 0 Å². The van der Waals surface area contributed by atoms with Crippen molar-refractivity contribution in [2.24, 2.45) is 0 Å². The van der Waals surface area contributed by atoms with E-state index in [0.29, 0.717) is 19.6 Å². The third-order valence-corrected chi connectivity index (χ3v) is 6.62. The molecule has 0 bridgehead atoms. The molecule has 1 aromatic carbocycles. The molecule has 144 valence electrons. The van der Waals surface area contributed by atoms with Gasteiger partial charge in [0.1, 0.15) is 6.10 Å². The maximum absolute atomic E-state index is 12.1. The van der Waals surface area contributed by atoms with Gasteiger partial charge in [-0.15, -0.1) is 0 Å². The van der Waals surface area contributed by atoms with Crippen LogP contribution in [0.15, 0.2) is 28.7 Å². The van der Waals surface area contributed by atoms with Crippen LogP contribution in [0.25, 0.3) is 0 Å². The van der Waals surface area contributed by atoms with Gasteiger partial charge in [-0.2, -0.15) is 0 Å². The second-order valence-corrected chi connectivity index (χ2v) is 14.3. The molecular weight excluding hydrogens is 418 g/mol. The molecule has 0 aliphatic carbocycles. The number of benzene rings is 1. The Morgan fingerprint density at radius 2 is 2.08 bits per heavy atom. The number of amides is 1. The molecule has 2 rings (SSSR count). The normalized spacial score (nSPS) is 20.5. The molecule has 6 nitrogen and oxygen atoms in total. The van der Waals surface area contributed by atoms with Crippen molar-refractivity contribution >= 4 is 36.3 Å². The third-order valence-electron chi connectivity index (χ3n) is 4.43. The highest BCUT2D eigenvalue weighted by Gasteiger charge is 2.35. The van der Waals surface area contributed by atoms with E-state index in [2.05, 4.69) is 35.6 Å². The van der Waals surface area contributed by atoms with E-state index < -0.39 is 26.4 Å². The van der Waals surface area contributed by atoms with Gasteiger partial charge in [0.05, 0.1) is 13.2 Å². The molecule has 0 saturated carbocycles. The maximum atomic E-state index is 12.1. The number of likely N-dealkylation sites (tertiary alicyclic amines) is 1. The van der Waals surface area contributed by atoms with Gasteiger partial charge >= 0.3 is 12.2 Å². The highest BCUT2D eigenvalue weighted by molar-refractivity contribution is 9.10. The summed E-state index contributed by atoms with van der Waals surface area (Å²) in [6.45, 7) is 7.52. The Hall–Kier alpha value is -1.54. The van der Waals surface area contributed by atoms with Gasteiger partial charge in [0, 0.05) is 25.0 Å². The predicted octanol–water partition coefficient (Wildman–Crippen LogP) is 4.78. The Kier molecular flexibility index (Phi) is 7.11. The molecule has 1 aliphatic rings. The molecular formula is C18H26BrNO5Si. The highest BCUT2D eigenvalue weighted by Crippen LogP contribution is 2.32. The van der Waals surface area contributed by atoms with Crippen LogP contribution < -0.4 is 0 Å². The van der Waals surface area contributed by atoms with Crippen LogP contribution in [-0.4, -0.2) is 56.1 Å². The smallest absolute Gasteiger partial charge is 0.465 e. The molecule has 0 spiro atoms. The predicted molar refractivity (Wildman–Crippen MR) is 105 cm³/mol. The monoisotopic (exact) mass is 443 g/mol. The van der Waals surface area contributed by atoms with Crippen molar-refractivity contribution in [1.82, 2.24) is 4.90 Å². The lowest BCUT2D eigenvalue weighted by Crippen LogP contribution is -2.47. The lowest BCUT2D eigenvalue weighted by Gasteiger charge is -2.36. The number of carbonyl (C=O) groups excluding carboxylic acids is 1. The number of rotatable bonds is 5. The molecule has 1 N–H and O–H groups in total. The Balaban J connectivity index is 2.05. The van der Waals surface area contributed by atoms with Crippen molar-refractivity contribution in [1.29, 1.82) is 0 Å². The molecule has 0 aromatic heterocycles. The summed E-state index contributed by atoms with van der Waals surface area (Å²) in [5.74, 6) is -0.0624. The Morgan fingerprint density at radius 3 is 2.69 bits per heavy atom. The van der Waals surface area contributed by atoms with Crippen LogP contribution in [0.4, 0.5) is 9.59 Å². The van der Waals surface area contributed by atoms with E-state index in [0.717, 1.165) is 16.1 Å². The maximum Gasteiger partial charge on any atom is 0.508 e. The first-order chi connectivity index (χ1) is 12.2. The summed E-state index contributed by atoms with van der Waals surface area (Å²) in [4.78, 5) is 24.7. The van der Waals surface area contributed by atoms with Crippen LogP contribution in [-0.2, 0) is 9.47 Å². The van der Waals surface area contributed by atoms with E-state index in [1.165, 1.54) is 4.90 Å². The van der Waals surface area contributed by atoms with Crippen molar-refractivity contribution in [3.05, 3.63) is 34.3 Å². The van der Waals surface area contributed by atoms with Crippen LogP contribution in [0, 0.1) is 0 Å².